The SMILES string of the molecule is O=C(Nc1ccn(C2O[C@H](CO)[C@@H](O)C2(F)F)c(=O)n1)c1cccc2c1CCCC2.O=C(Nc1ccn([C@@H]2O[C@H](CO)[C@H](O)C2(F)F)c(=O)n1)c1ccc2c(c1)CCCC2.O=C(Nc1ccn([C@@H]2O[C@H](CO)[C@H](O)C2(F)F)c(=O)n1)c1ccc2cc(Br)ccc2c1.O=C(Nc1ccn([C@@H]2O[C@H](CO)[C@H](O)C2(F)F)c(=O)n1)c1ccc2ccccc2c1. The quantitative estimate of drug-likeness (QED) is 0.0469. The Morgan fingerprint density at radius 1 is 0.372 bits per heavy atom. The summed E-state index contributed by atoms with van der Waals surface area (Å²) in [5.74, 6) is -17.6. The second-order valence-electron chi connectivity index (χ2n) is 28.8. The van der Waals surface area contributed by atoms with Gasteiger partial charge in [0.25, 0.3) is 23.6 Å². The number of amides is 4. The first-order valence-electron chi connectivity index (χ1n) is 37.5. The number of halogens is 9. The van der Waals surface area contributed by atoms with Gasteiger partial charge in [-0.25, -0.2) is 19.2 Å². The van der Waals surface area contributed by atoms with Gasteiger partial charge < -0.3 is 81.1 Å². The molecule has 0 bridgehead atoms. The van der Waals surface area contributed by atoms with Crippen molar-refractivity contribution in [1.82, 2.24) is 38.2 Å². The number of aliphatic hydroxyl groups excluding tert-OH is 8. The van der Waals surface area contributed by atoms with Crippen LogP contribution >= 0.6 is 15.9 Å². The van der Waals surface area contributed by atoms with E-state index in [1.54, 1.807) is 54.6 Å². The molecule has 1 unspecified atom stereocenters. The molecule has 6 aliphatic rings. The molecular formula is C80H75BrF8N12O20. The van der Waals surface area contributed by atoms with Crippen LogP contribution in [0.4, 0.5) is 58.4 Å². The number of fused-ring (bicyclic) bond motifs is 4. The van der Waals surface area contributed by atoms with Crippen LogP contribution < -0.4 is 44.0 Å². The number of aryl methyl sites for hydroxylation is 3. The van der Waals surface area contributed by atoms with Crippen molar-refractivity contribution < 1.29 is 114 Å². The van der Waals surface area contributed by atoms with E-state index in [0.29, 0.717) is 40.5 Å². The van der Waals surface area contributed by atoms with Crippen LogP contribution in [-0.2, 0) is 44.6 Å². The first-order valence-corrected chi connectivity index (χ1v) is 38.3. The van der Waals surface area contributed by atoms with Crippen molar-refractivity contribution in [3.8, 4) is 0 Å². The number of nitrogens with zero attached hydrogens (tertiary/aromatic N) is 8. The van der Waals surface area contributed by atoms with Crippen LogP contribution in [0.15, 0.2) is 188 Å². The third-order valence-corrected chi connectivity index (χ3v) is 21.4. The van der Waals surface area contributed by atoms with Gasteiger partial charge in [0.15, 0.2) is 24.4 Å². The van der Waals surface area contributed by atoms with Crippen LogP contribution in [0.1, 0.15) is 114 Å². The molecule has 16 rings (SSSR count). The number of carbonyl (C=O) groups excluding carboxylic acids is 4. The maximum absolute atomic E-state index is 14.3. The van der Waals surface area contributed by atoms with Crippen molar-refractivity contribution in [3.05, 3.63) is 255 Å². The average Bonchev–Trinajstić information content (AvgIpc) is 1.64. The largest absolute Gasteiger partial charge is 0.394 e. The lowest BCUT2D eigenvalue weighted by Gasteiger charge is -2.21. The molecular weight excluding hydrogens is 1680 g/mol. The highest BCUT2D eigenvalue weighted by Crippen LogP contribution is 2.46. The molecule has 4 saturated heterocycles. The highest BCUT2D eigenvalue weighted by Gasteiger charge is 2.63. The first kappa shape index (κ1) is 87.5. The molecule has 10 aromatic rings. The fourth-order valence-electron chi connectivity index (χ4n) is 14.4. The summed E-state index contributed by atoms with van der Waals surface area (Å²) >= 11 is 3.38. The second-order valence-corrected chi connectivity index (χ2v) is 29.7. The lowest BCUT2D eigenvalue weighted by atomic mass is 9.88. The zero-order valence-corrected chi connectivity index (χ0v) is 64.5. The van der Waals surface area contributed by atoms with E-state index < -0.39 is 170 Å². The zero-order chi connectivity index (χ0) is 86.7. The van der Waals surface area contributed by atoms with E-state index in [4.69, 9.17) is 39.4 Å². The number of rotatable bonds is 16. The molecule has 4 aromatic heterocycles. The minimum Gasteiger partial charge on any atom is -0.394 e. The second kappa shape index (κ2) is 36.2. The minimum atomic E-state index is -3.82. The molecule has 4 fully saturated rings. The van der Waals surface area contributed by atoms with E-state index >= 15 is 0 Å². The van der Waals surface area contributed by atoms with Gasteiger partial charge in [0.2, 0.25) is 24.9 Å². The van der Waals surface area contributed by atoms with Gasteiger partial charge in [-0.05, 0) is 174 Å². The zero-order valence-electron chi connectivity index (χ0n) is 63.0. The normalized spacial score (nSPS) is 23.8. The Morgan fingerprint density at radius 2 is 0.694 bits per heavy atom. The summed E-state index contributed by atoms with van der Waals surface area (Å²) in [6.07, 6.45) is -11.9. The van der Waals surface area contributed by atoms with Crippen LogP contribution in [-0.4, -0.2) is 202 Å². The van der Waals surface area contributed by atoms with Gasteiger partial charge >= 0.3 is 46.4 Å². The van der Waals surface area contributed by atoms with Gasteiger partial charge in [0, 0.05) is 51.5 Å². The number of benzene rings is 6. The molecule has 4 aliphatic heterocycles. The van der Waals surface area contributed by atoms with Gasteiger partial charge in [0.05, 0.1) is 26.4 Å². The summed E-state index contributed by atoms with van der Waals surface area (Å²) in [4.78, 5) is 114. The summed E-state index contributed by atoms with van der Waals surface area (Å²) in [6, 6.07) is 38.8. The number of anilines is 4. The molecule has 0 radical (unpaired) electrons. The third-order valence-electron chi connectivity index (χ3n) is 20.9. The maximum Gasteiger partial charge on any atom is 0.351 e. The smallest absolute Gasteiger partial charge is 0.351 e. The summed E-state index contributed by atoms with van der Waals surface area (Å²) in [5.41, 5.74) is 1.60. The standard InChI is InChI=1S/C20H16BrF2N3O5.2C20H21F2N3O5.C20H17F2N3O5/c21-13-4-3-10-7-12(2-1-11(10)8-13)17(29)24-15-5-6-26(19(30)25-15)18-20(22,23)16(28)14(9-27)31-18;21-20(22)16(27)14(10-26)30-18(20)25-9-8-15(24-19(25)29)23-17(28)13-7-3-5-11-4-1-2-6-12(11)13;2*21-20(22)16(27)14(10-26)30-18(20)25-8-7-15(24-19(25)29)23-17(28)13-6-5-11-3-1-2-4-12(11)9-13/h1-8,14,16,18,27-28H,9H2,(H,24,25,29,30);3,5,7-9,14,16,18,26-27H,1-2,4,6,10H2,(H,23,24,28,29);5-9,14,16,18,26-27H,1-4,10H2,(H,23,24,28,29);1-9,14,16,18,26-27H,10H2,(H,23,24,28,29)/t14-,16+,18-;14-,16-,18?;2*14-,16+,18-/m1111/s1. The summed E-state index contributed by atoms with van der Waals surface area (Å²) in [5, 5.41) is 88.1. The molecule has 12 atom stereocenters. The predicted molar refractivity (Wildman–Crippen MR) is 415 cm³/mol. The molecule has 8 heterocycles. The highest BCUT2D eigenvalue weighted by molar-refractivity contribution is 9.10. The van der Waals surface area contributed by atoms with Crippen LogP contribution in [0.25, 0.3) is 21.5 Å². The third kappa shape index (κ3) is 18.3. The van der Waals surface area contributed by atoms with E-state index in [9.17, 15) is 93.9 Å². The van der Waals surface area contributed by atoms with Crippen molar-refractivity contribution >= 4 is 84.4 Å². The first-order chi connectivity index (χ1) is 57.6. The lowest BCUT2D eigenvalue weighted by molar-refractivity contribution is -0.141. The number of hydrogen-bond donors (Lipinski definition) is 12. The van der Waals surface area contributed by atoms with Crippen molar-refractivity contribution in [2.75, 3.05) is 47.7 Å². The molecule has 121 heavy (non-hydrogen) atoms. The number of carbonyl (C=O) groups is 4. The number of aromatic nitrogens is 8. The Bertz CT molecular complexity index is 5830. The Kier molecular flexibility index (Phi) is 26.1. The minimum absolute atomic E-state index is 0.0877. The van der Waals surface area contributed by atoms with Gasteiger partial charge in [0.1, 0.15) is 47.7 Å². The Morgan fingerprint density at radius 3 is 1.08 bits per heavy atom. The fourth-order valence-corrected chi connectivity index (χ4v) is 14.8. The average molecular weight is 1760 g/mol. The molecule has 41 heteroatoms. The number of aliphatic hydroxyl groups is 8. The molecule has 0 saturated carbocycles. The number of ether oxygens (including phenoxy) is 4. The van der Waals surface area contributed by atoms with Gasteiger partial charge in [-0.2, -0.15) is 55.1 Å². The van der Waals surface area contributed by atoms with Crippen molar-refractivity contribution in [2.45, 2.75) is 149 Å². The Labute approximate surface area is 685 Å². The van der Waals surface area contributed by atoms with Crippen LogP contribution in [0, 0.1) is 0 Å². The monoisotopic (exact) mass is 1750 g/mol. The summed E-state index contributed by atoms with van der Waals surface area (Å²) in [6.45, 7) is -3.34. The van der Waals surface area contributed by atoms with E-state index in [-0.39, 0.29) is 23.3 Å². The fraction of sp³-hybridized carbons (Fsp3) is 0.350. The topological polar surface area (TPSA) is 455 Å². The number of nitrogens with one attached hydrogen (secondary N) is 4. The Hall–Kier alpha value is -11.3. The van der Waals surface area contributed by atoms with Crippen LogP contribution in [0.3, 0.4) is 0 Å². The van der Waals surface area contributed by atoms with Gasteiger partial charge in [-0.3, -0.25) is 37.4 Å². The van der Waals surface area contributed by atoms with Crippen LogP contribution in [0.2, 0.25) is 0 Å². The van der Waals surface area contributed by atoms with E-state index in [2.05, 4.69) is 57.1 Å². The summed E-state index contributed by atoms with van der Waals surface area (Å²) in [7, 11) is 0. The molecule has 638 valence electrons. The number of alkyl halides is 8. The van der Waals surface area contributed by atoms with Crippen LogP contribution in [0.5, 0.6) is 0 Å². The summed E-state index contributed by atoms with van der Waals surface area (Å²) < 4.78 is 137. The van der Waals surface area contributed by atoms with E-state index in [1.165, 1.54) is 23.8 Å². The molecule has 4 amide bonds. The predicted octanol–water partition coefficient (Wildman–Crippen LogP) is 6.35. The van der Waals surface area contributed by atoms with Crippen molar-refractivity contribution in [3.63, 3.8) is 0 Å². The lowest BCUT2D eigenvalue weighted by Crippen LogP contribution is -2.41. The Balaban J connectivity index is 0.000000139. The molecule has 32 nitrogen and oxygen atoms in total. The molecule has 6 aromatic carbocycles. The van der Waals surface area contributed by atoms with E-state index in [1.807, 2.05) is 60.7 Å². The number of hydrogen-bond acceptors (Lipinski definition) is 24. The molecule has 0 spiro atoms. The van der Waals surface area contributed by atoms with Crippen molar-refractivity contribution in [2.24, 2.45) is 0 Å². The van der Waals surface area contributed by atoms with E-state index in [0.717, 1.165) is 125 Å². The van der Waals surface area contributed by atoms with Gasteiger partial charge in [-0.1, -0.05) is 76.6 Å². The van der Waals surface area contributed by atoms with Crippen molar-refractivity contribution in [1.29, 1.82) is 0 Å². The van der Waals surface area contributed by atoms with Gasteiger partial charge in [-0.15, -0.1) is 0 Å². The highest BCUT2D eigenvalue weighted by atomic mass is 79.9. The molecule has 12 N–H and O–H groups in total. The molecule has 2 aliphatic carbocycles. The maximum atomic E-state index is 14.3.